The molecule has 2 nitrogen and oxygen atoms in total. The molecule has 1 heterocycles. The van der Waals surface area contributed by atoms with Crippen LogP contribution in [0.25, 0.3) is 0 Å². The Morgan fingerprint density at radius 3 is 1.71 bits per heavy atom. The van der Waals surface area contributed by atoms with Gasteiger partial charge in [0.2, 0.25) is 6.71 Å². The number of allylic oxidation sites excluding steroid dienone is 2. The van der Waals surface area contributed by atoms with Crippen LogP contribution in [0.2, 0.25) is 11.9 Å². The van der Waals surface area contributed by atoms with Gasteiger partial charge in [-0.3, -0.25) is 0 Å². The van der Waals surface area contributed by atoms with E-state index in [0.717, 1.165) is 18.7 Å². The van der Waals surface area contributed by atoms with E-state index in [-0.39, 0.29) is 5.16 Å². The fourth-order valence-corrected chi connectivity index (χ4v) is 8.49. The Balaban J connectivity index is 0.000000181. The number of nitrogens with zero attached hydrogens (tertiary/aromatic N) is 2. The van der Waals surface area contributed by atoms with E-state index in [1.807, 2.05) is 12.5 Å². The third-order valence-electron chi connectivity index (χ3n) is 8.17. The van der Waals surface area contributed by atoms with Crippen LogP contribution >= 0.6 is 0 Å². The van der Waals surface area contributed by atoms with E-state index in [0.29, 0.717) is 6.71 Å². The summed E-state index contributed by atoms with van der Waals surface area (Å²) in [4.78, 5) is 4.37. The number of hydrogen-bond acceptors (Lipinski definition) is 1. The molecule has 0 bridgehead atoms. The Morgan fingerprint density at radius 1 is 0.756 bits per heavy atom. The zero-order valence-electron chi connectivity index (χ0n) is 24.2. The van der Waals surface area contributed by atoms with Crippen molar-refractivity contribution in [2.24, 2.45) is 0 Å². The van der Waals surface area contributed by atoms with Crippen LogP contribution in [0.15, 0.2) is 152 Å². The molecule has 0 aliphatic heterocycles. The molecule has 0 N–H and O–H groups in total. The average Bonchev–Trinajstić information content (AvgIpc) is 3.72. The molecule has 0 amide bonds. The highest BCUT2D eigenvalue weighted by molar-refractivity contribution is 6.86. The third kappa shape index (κ3) is 7.25. The average molecular weight is 553 g/mol. The molecule has 6 rings (SSSR count). The molecule has 1 aliphatic carbocycles. The van der Waals surface area contributed by atoms with Crippen LogP contribution in [0.1, 0.15) is 43.7 Å². The molecule has 4 heteroatoms. The standard InChI is InChI=1S/C22H26N2Si.C15H15B/c1-2-3-4-11-18-25-22(24-17-16-23-19-24,20-12-7-5-8-13-20)21-14-9-6-10-15-21;1-3-7-13(8-4-1)16(15-11-12-15)14-9-5-2-6-10-14/h3-10,12-17,19H,2,11,18,25H2,1H3;1-10,15H,11-12H2. The van der Waals surface area contributed by atoms with Crippen LogP contribution in [0.4, 0.5) is 0 Å². The number of aromatic nitrogens is 2. The third-order valence-corrected chi connectivity index (χ3v) is 10.8. The lowest BCUT2D eigenvalue weighted by molar-refractivity contribution is 0.590. The highest BCUT2D eigenvalue weighted by Gasteiger charge is 2.36. The molecule has 0 unspecified atom stereocenters. The minimum absolute atomic E-state index is 0.0843. The number of imidazole rings is 1. The Bertz CT molecular complexity index is 1360. The van der Waals surface area contributed by atoms with E-state index in [1.165, 1.54) is 40.9 Å². The number of benzene rings is 4. The van der Waals surface area contributed by atoms with Crippen LogP contribution < -0.4 is 10.9 Å². The molecule has 1 aliphatic rings. The summed E-state index contributed by atoms with van der Waals surface area (Å²) in [5.41, 5.74) is 5.67. The summed E-state index contributed by atoms with van der Waals surface area (Å²) in [5.74, 6) is 0.866. The molecule has 0 atom stereocenters. The van der Waals surface area contributed by atoms with E-state index in [4.69, 9.17) is 0 Å². The molecule has 1 aromatic heterocycles. The lowest BCUT2D eigenvalue weighted by Gasteiger charge is -2.36. The summed E-state index contributed by atoms with van der Waals surface area (Å²) in [7, 11) is -0.503. The SMILES string of the molecule is CCC=CCC[SiH2]C(c1ccccc1)(c1ccccc1)n1ccnc1.c1ccc(B(c2ccccc2)C2CC2)cc1. The van der Waals surface area contributed by atoms with Gasteiger partial charge in [-0.1, -0.05) is 176 Å². The van der Waals surface area contributed by atoms with Crippen molar-refractivity contribution in [3.8, 4) is 0 Å². The molecule has 4 aromatic carbocycles. The maximum Gasteiger partial charge on any atom is 0.212 e. The van der Waals surface area contributed by atoms with Crippen LogP contribution in [0.3, 0.4) is 0 Å². The van der Waals surface area contributed by atoms with Gasteiger partial charge in [-0.2, -0.15) is 0 Å². The van der Waals surface area contributed by atoms with Gasteiger partial charge in [0, 0.05) is 12.4 Å². The van der Waals surface area contributed by atoms with Crippen LogP contribution in [-0.2, 0) is 5.16 Å². The van der Waals surface area contributed by atoms with Gasteiger partial charge in [0.25, 0.3) is 0 Å². The van der Waals surface area contributed by atoms with Gasteiger partial charge >= 0.3 is 0 Å². The van der Waals surface area contributed by atoms with E-state index in [2.05, 4.69) is 156 Å². The predicted octanol–water partition coefficient (Wildman–Crippen LogP) is 7.04. The Labute approximate surface area is 249 Å². The van der Waals surface area contributed by atoms with Crippen molar-refractivity contribution in [3.05, 3.63) is 163 Å². The first kappa shape index (κ1) is 28.6. The van der Waals surface area contributed by atoms with Gasteiger partial charge in [0.15, 0.2) is 0 Å². The summed E-state index contributed by atoms with van der Waals surface area (Å²) >= 11 is 0. The summed E-state index contributed by atoms with van der Waals surface area (Å²) in [6, 6.07) is 44.9. The second-order valence-electron chi connectivity index (χ2n) is 11.0. The molecule has 0 saturated heterocycles. The van der Waals surface area contributed by atoms with E-state index < -0.39 is 9.52 Å². The van der Waals surface area contributed by atoms with Gasteiger partial charge in [-0.15, -0.1) is 0 Å². The predicted molar refractivity (Wildman–Crippen MR) is 180 cm³/mol. The summed E-state index contributed by atoms with van der Waals surface area (Å²) < 4.78 is 2.33. The summed E-state index contributed by atoms with van der Waals surface area (Å²) in [6.45, 7) is 2.81. The smallest absolute Gasteiger partial charge is 0.212 e. The minimum atomic E-state index is -0.503. The van der Waals surface area contributed by atoms with Gasteiger partial charge in [-0.05, 0) is 24.0 Å². The molecule has 0 spiro atoms. The second kappa shape index (κ2) is 14.7. The fraction of sp³-hybridized carbons (Fsp3) is 0.216. The van der Waals surface area contributed by atoms with Crippen LogP contribution in [0, 0.1) is 0 Å². The minimum Gasteiger partial charge on any atom is -0.327 e. The summed E-state index contributed by atoms with van der Waals surface area (Å²) in [6.07, 6.45) is 15.7. The highest BCUT2D eigenvalue weighted by Crippen LogP contribution is 2.38. The van der Waals surface area contributed by atoms with Crippen molar-refractivity contribution in [1.29, 1.82) is 0 Å². The fourth-order valence-electron chi connectivity index (χ4n) is 6.04. The molecule has 0 radical (unpaired) electrons. The molecular formula is C37H41BN2Si. The first-order valence-corrected chi connectivity index (χ1v) is 16.9. The van der Waals surface area contributed by atoms with Gasteiger partial charge in [-0.25, -0.2) is 4.98 Å². The molecule has 41 heavy (non-hydrogen) atoms. The maximum atomic E-state index is 4.37. The zero-order chi connectivity index (χ0) is 28.2. The summed E-state index contributed by atoms with van der Waals surface area (Å²) in [5, 5.41) is -0.0843. The Kier molecular flexibility index (Phi) is 10.2. The van der Waals surface area contributed by atoms with Crippen LogP contribution in [0.5, 0.6) is 0 Å². The second-order valence-corrected chi connectivity index (χ2v) is 13.2. The Hall–Kier alpha value is -3.89. The van der Waals surface area contributed by atoms with Crippen molar-refractivity contribution in [2.45, 2.75) is 49.6 Å². The molecule has 1 fully saturated rings. The molecular weight excluding hydrogens is 511 g/mol. The Morgan fingerprint density at radius 2 is 1.27 bits per heavy atom. The zero-order valence-corrected chi connectivity index (χ0v) is 25.6. The van der Waals surface area contributed by atoms with Crippen molar-refractivity contribution in [1.82, 2.24) is 9.55 Å². The van der Waals surface area contributed by atoms with E-state index >= 15 is 0 Å². The van der Waals surface area contributed by atoms with E-state index in [1.54, 1.807) is 0 Å². The lowest BCUT2D eigenvalue weighted by atomic mass is 9.37. The molecule has 1 saturated carbocycles. The lowest BCUT2D eigenvalue weighted by Crippen LogP contribution is -2.42. The first-order chi connectivity index (χ1) is 20.3. The van der Waals surface area contributed by atoms with Crippen molar-refractivity contribution < 1.29 is 0 Å². The normalized spacial score (nSPS) is 13.3. The number of hydrogen-bond donors (Lipinski definition) is 0. The van der Waals surface area contributed by atoms with Crippen molar-refractivity contribution >= 4 is 27.2 Å². The van der Waals surface area contributed by atoms with Gasteiger partial charge in [0.05, 0.1) is 21.0 Å². The largest absolute Gasteiger partial charge is 0.327 e. The van der Waals surface area contributed by atoms with Crippen LogP contribution in [-0.4, -0.2) is 25.8 Å². The van der Waals surface area contributed by atoms with E-state index in [9.17, 15) is 0 Å². The molecule has 206 valence electrons. The monoisotopic (exact) mass is 552 g/mol. The van der Waals surface area contributed by atoms with Gasteiger partial charge < -0.3 is 4.57 Å². The van der Waals surface area contributed by atoms with Crippen molar-refractivity contribution in [2.75, 3.05) is 0 Å². The number of rotatable bonds is 11. The topological polar surface area (TPSA) is 17.8 Å². The highest BCUT2D eigenvalue weighted by atomic mass is 28.2. The van der Waals surface area contributed by atoms with Crippen molar-refractivity contribution in [3.63, 3.8) is 0 Å². The van der Waals surface area contributed by atoms with Gasteiger partial charge in [0.1, 0.15) is 0 Å². The molecule has 5 aromatic rings. The first-order valence-electron chi connectivity index (χ1n) is 15.2. The quantitative estimate of drug-likeness (QED) is 0.0977. The maximum absolute atomic E-state index is 4.37.